The van der Waals surface area contributed by atoms with Gasteiger partial charge in [0, 0.05) is 32.8 Å². The zero-order chi connectivity index (χ0) is 27.5. The highest BCUT2D eigenvalue weighted by molar-refractivity contribution is 6.16. The number of allylic oxidation sites excluding steroid dienone is 4. The smallest absolute Gasteiger partial charge is 0.101 e. The molecule has 5 aromatic carbocycles. The van der Waals surface area contributed by atoms with Crippen LogP contribution in [0, 0.1) is 18.3 Å². The molecule has 0 saturated heterocycles. The van der Waals surface area contributed by atoms with Crippen LogP contribution in [0.15, 0.2) is 121 Å². The van der Waals surface area contributed by atoms with Crippen LogP contribution >= 0.6 is 0 Å². The Balaban J connectivity index is 1.45. The zero-order valence-corrected chi connectivity index (χ0v) is 22.8. The summed E-state index contributed by atoms with van der Waals surface area (Å²) < 4.78 is 4.68. The van der Waals surface area contributed by atoms with Crippen molar-refractivity contribution >= 4 is 49.3 Å². The van der Waals surface area contributed by atoms with Crippen LogP contribution in [0.4, 0.5) is 0 Å². The molecule has 41 heavy (non-hydrogen) atoms. The maximum absolute atomic E-state index is 9.89. The minimum Gasteiger partial charge on any atom is -0.309 e. The first kappa shape index (κ1) is 23.5. The quantitative estimate of drug-likeness (QED) is 0.226. The number of aryl methyl sites for hydroxylation is 1. The van der Waals surface area contributed by atoms with Crippen molar-refractivity contribution in [3.8, 4) is 22.9 Å². The lowest BCUT2D eigenvalue weighted by Crippen LogP contribution is -1.98. The lowest BCUT2D eigenvalue weighted by molar-refractivity contribution is 1.02. The molecule has 2 aromatic heterocycles. The van der Waals surface area contributed by atoms with Gasteiger partial charge in [0.1, 0.15) is 6.07 Å². The van der Waals surface area contributed by atoms with Gasteiger partial charge >= 0.3 is 0 Å². The number of hydrogen-bond acceptors (Lipinski definition) is 1. The molecule has 0 unspecified atom stereocenters. The van der Waals surface area contributed by atoms with Crippen LogP contribution in [0.5, 0.6) is 0 Å². The molecular weight excluding hydrogens is 498 g/mol. The summed E-state index contributed by atoms with van der Waals surface area (Å²) in [5.74, 6) is 0. The highest BCUT2D eigenvalue weighted by atomic mass is 15.0. The Labute approximate surface area is 238 Å². The van der Waals surface area contributed by atoms with E-state index in [9.17, 15) is 5.26 Å². The minimum atomic E-state index is 0.664. The second-order valence-electron chi connectivity index (χ2n) is 10.9. The van der Waals surface area contributed by atoms with Crippen molar-refractivity contribution in [2.75, 3.05) is 0 Å². The van der Waals surface area contributed by atoms with Crippen molar-refractivity contribution in [2.24, 2.45) is 0 Å². The first-order chi connectivity index (χ1) is 20.2. The second kappa shape index (κ2) is 9.11. The van der Waals surface area contributed by atoms with E-state index >= 15 is 0 Å². The Morgan fingerprint density at radius 1 is 0.659 bits per heavy atom. The third kappa shape index (κ3) is 3.51. The van der Waals surface area contributed by atoms with E-state index in [0.717, 1.165) is 29.6 Å². The Bertz CT molecular complexity index is 2280. The number of hydrogen-bond donors (Lipinski definition) is 0. The molecule has 3 heteroatoms. The van der Waals surface area contributed by atoms with E-state index in [0.29, 0.717) is 5.56 Å². The van der Waals surface area contributed by atoms with E-state index in [2.05, 4.69) is 119 Å². The van der Waals surface area contributed by atoms with E-state index in [-0.39, 0.29) is 0 Å². The predicted octanol–water partition coefficient (Wildman–Crippen LogP) is 9.93. The van der Waals surface area contributed by atoms with Gasteiger partial charge in [-0.15, -0.1) is 0 Å². The number of nitriles is 1. The summed E-state index contributed by atoms with van der Waals surface area (Å²) in [6.07, 6.45) is 9.05. The normalized spacial score (nSPS) is 13.3. The largest absolute Gasteiger partial charge is 0.309 e. The fraction of sp³-hybridized carbons (Fsp3) is 0.0789. The maximum Gasteiger partial charge on any atom is 0.101 e. The van der Waals surface area contributed by atoms with Gasteiger partial charge in [0.15, 0.2) is 0 Å². The average Bonchev–Trinajstić information content (AvgIpc) is 3.53. The number of nitrogens with zero attached hydrogens (tertiary/aromatic N) is 3. The number of fused-ring (bicyclic) bond motifs is 6. The molecule has 1 aliphatic rings. The number of rotatable bonds is 3. The van der Waals surface area contributed by atoms with Gasteiger partial charge in [0.25, 0.3) is 0 Å². The summed E-state index contributed by atoms with van der Waals surface area (Å²) in [4.78, 5) is 0. The van der Waals surface area contributed by atoms with Gasteiger partial charge in [-0.2, -0.15) is 5.26 Å². The molecule has 0 atom stereocenters. The van der Waals surface area contributed by atoms with Gasteiger partial charge in [-0.05, 0) is 73.9 Å². The maximum atomic E-state index is 9.89. The first-order valence-electron chi connectivity index (χ1n) is 14.2. The number of benzene rings is 5. The predicted molar refractivity (Wildman–Crippen MR) is 171 cm³/mol. The molecule has 3 nitrogen and oxygen atoms in total. The molecule has 7 aromatic rings. The van der Waals surface area contributed by atoms with Gasteiger partial charge < -0.3 is 9.13 Å². The highest BCUT2D eigenvalue weighted by Gasteiger charge is 2.19. The molecular formula is C38H27N3. The molecule has 1 aliphatic carbocycles. The topological polar surface area (TPSA) is 33.6 Å². The van der Waals surface area contributed by atoms with Crippen molar-refractivity contribution in [3.63, 3.8) is 0 Å². The molecule has 0 aliphatic heterocycles. The fourth-order valence-corrected chi connectivity index (χ4v) is 6.61. The summed E-state index contributed by atoms with van der Waals surface area (Å²) in [5, 5.41) is 14.8. The van der Waals surface area contributed by atoms with Gasteiger partial charge in [0.05, 0.1) is 33.3 Å². The van der Waals surface area contributed by atoms with Crippen LogP contribution in [0.2, 0.25) is 0 Å². The molecule has 0 spiro atoms. The molecule has 0 fully saturated rings. The number of aromatic nitrogens is 2. The summed E-state index contributed by atoms with van der Waals surface area (Å²) in [6, 6.07) is 39.0. The van der Waals surface area contributed by atoms with Gasteiger partial charge in [0.2, 0.25) is 0 Å². The standard InChI is InChI=1S/C38H27N3/c1-25-18-20-36-32(22-25)31-15-9-14-29(38(31)40(36)28-11-3-2-4-12-28)26-19-21-37-33(23-26)30-13-6-8-17-35(30)41(37)34-16-7-5-10-27(34)24-39/h3,5-23H,2,4H2,1H3. The van der Waals surface area contributed by atoms with Crippen molar-refractivity contribution in [1.29, 1.82) is 5.26 Å². The van der Waals surface area contributed by atoms with Crippen molar-refractivity contribution < 1.29 is 0 Å². The van der Waals surface area contributed by atoms with E-state index in [4.69, 9.17) is 0 Å². The van der Waals surface area contributed by atoms with Gasteiger partial charge in [-0.1, -0.05) is 78.4 Å². The molecule has 0 amide bonds. The molecule has 8 rings (SSSR count). The Hall–Kier alpha value is -5.33. The molecule has 2 heterocycles. The summed E-state index contributed by atoms with van der Waals surface area (Å²) in [6.45, 7) is 2.17. The van der Waals surface area contributed by atoms with E-state index in [1.165, 1.54) is 55.0 Å². The Morgan fingerprint density at radius 3 is 2.29 bits per heavy atom. The molecule has 0 radical (unpaired) electrons. The van der Waals surface area contributed by atoms with Crippen LogP contribution < -0.4 is 0 Å². The SMILES string of the molecule is Cc1ccc2c(c1)c1cccc(-c3ccc4c(c3)c3ccccc3n4-c3ccccc3C#N)c1n2C1=CCCC=C1. The van der Waals surface area contributed by atoms with Crippen LogP contribution in [0.3, 0.4) is 0 Å². The summed E-state index contributed by atoms with van der Waals surface area (Å²) >= 11 is 0. The summed E-state index contributed by atoms with van der Waals surface area (Å²) in [7, 11) is 0. The van der Waals surface area contributed by atoms with Crippen molar-refractivity contribution in [3.05, 3.63) is 132 Å². The molecule has 194 valence electrons. The van der Waals surface area contributed by atoms with E-state index in [1.807, 2.05) is 24.3 Å². The Kier molecular flexibility index (Phi) is 5.23. The lowest BCUT2D eigenvalue weighted by atomic mass is 9.99. The van der Waals surface area contributed by atoms with Crippen LogP contribution in [0.1, 0.15) is 24.0 Å². The Morgan fingerprint density at radius 2 is 1.41 bits per heavy atom. The average molecular weight is 526 g/mol. The van der Waals surface area contributed by atoms with Gasteiger partial charge in [-0.3, -0.25) is 0 Å². The van der Waals surface area contributed by atoms with Crippen molar-refractivity contribution in [2.45, 2.75) is 19.8 Å². The molecule has 0 saturated carbocycles. The lowest BCUT2D eigenvalue weighted by Gasteiger charge is -2.15. The van der Waals surface area contributed by atoms with Crippen molar-refractivity contribution in [1.82, 2.24) is 9.13 Å². The second-order valence-corrected chi connectivity index (χ2v) is 10.9. The number of para-hydroxylation sites is 3. The molecule has 0 bridgehead atoms. The minimum absolute atomic E-state index is 0.664. The van der Waals surface area contributed by atoms with Crippen LogP contribution in [-0.2, 0) is 0 Å². The fourth-order valence-electron chi connectivity index (χ4n) is 6.61. The highest BCUT2D eigenvalue weighted by Crippen LogP contribution is 2.41. The van der Waals surface area contributed by atoms with Crippen LogP contribution in [0.25, 0.3) is 66.1 Å². The summed E-state index contributed by atoms with van der Waals surface area (Å²) in [5.41, 5.74) is 11.1. The van der Waals surface area contributed by atoms with Crippen LogP contribution in [-0.4, -0.2) is 9.13 Å². The van der Waals surface area contributed by atoms with E-state index < -0.39 is 0 Å². The third-order valence-corrected chi connectivity index (χ3v) is 8.43. The van der Waals surface area contributed by atoms with E-state index in [1.54, 1.807) is 0 Å². The monoisotopic (exact) mass is 525 g/mol. The van der Waals surface area contributed by atoms with Gasteiger partial charge in [-0.25, -0.2) is 0 Å². The third-order valence-electron chi connectivity index (χ3n) is 8.43. The first-order valence-corrected chi connectivity index (χ1v) is 14.2. The zero-order valence-electron chi connectivity index (χ0n) is 22.8. The molecule has 0 N–H and O–H groups in total.